The molecule has 0 aliphatic rings. The minimum Gasteiger partial charge on any atom is -0.397 e. The molecule has 0 bridgehead atoms. The highest BCUT2D eigenvalue weighted by Gasteiger charge is 2.15. The molecule has 3 N–H and O–H groups in total. The van der Waals surface area contributed by atoms with Crippen LogP contribution in [0.3, 0.4) is 0 Å². The van der Waals surface area contributed by atoms with E-state index in [0.717, 1.165) is 4.47 Å². The van der Waals surface area contributed by atoms with Crippen LogP contribution < -0.4 is 10.5 Å². The summed E-state index contributed by atoms with van der Waals surface area (Å²) in [5.41, 5.74) is 6.77. The number of nitriles is 1. The summed E-state index contributed by atoms with van der Waals surface area (Å²) in [5.74, 6) is 0. The molecule has 5 nitrogen and oxygen atoms in total. The number of hydrogen-bond donors (Lipinski definition) is 2. The molecule has 0 aliphatic carbocycles. The molecule has 2 rings (SSSR count). The maximum absolute atomic E-state index is 12.2. The van der Waals surface area contributed by atoms with Crippen molar-refractivity contribution in [2.24, 2.45) is 0 Å². The molecule has 0 saturated carbocycles. The molecule has 0 unspecified atom stereocenters. The zero-order valence-corrected chi connectivity index (χ0v) is 12.6. The van der Waals surface area contributed by atoms with E-state index in [-0.39, 0.29) is 4.90 Å². The molecule has 0 saturated heterocycles. The highest BCUT2D eigenvalue weighted by atomic mass is 79.9. The SMILES string of the molecule is N#Cc1ccc(S(=O)(=O)Nc2ccc(Br)cc2N)cc1. The van der Waals surface area contributed by atoms with E-state index in [4.69, 9.17) is 11.0 Å². The topological polar surface area (TPSA) is 96.0 Å². The van der Waals surface area contributed by atoms with Crippen LogP contribution in [0, 0.1) is 11.3 Å². The van der Waals surface area contributed by atoms with Gasteiger partial charge in [-0.2, -0.15) is 5.26 Å². The Balaban J connectivity index is 2.33. The van der Waals surface area contributed by atoms with Crippen molar-refractivity contribution in [2.45, 2.75) is 4.90 Å². The van der Waals surface area contributed by atoms with Gasteiger partial charge in [-0.05, 0) is 42.5 Å². The third kappa shape index (κ3) is 3.10. The Labute approximate surface area is 125 Å². The van der Waals surface area contributed by atoms with Crippen LogP contribution in [-0.2, 0) is 10.0 Å². The molecular formula is C13H10BrN3O2S. The molecule has 20 heavy (non-hydrogen) atoms. The zero-order valence-electron chi connectivity index (χ0n) is 10.2. The summed E-state index contributed by atoms with van der Waals surface area (Å²) in [5, 5.41) is 8.69. The number of anilines is 2. The van der Waals surface area contributed by atoms with Crippen LogP contribution >= 0.6 is 15.9 Å². The first-order valence-electron chi connectivity index (χ1n) is 5.50. The lowest BCUT2D eigenvalue weighted by Crippen LogP contribution is -2.14. The number of rotatable bonds is 3. The standard InChI is InChI=1S/C13H10BrN3O2S/c14-10-3-6-13(12(16)7-10)17-20(18,19)11-4-1-9(8-15)2-5-11/h1-7,17H,16H2. The van der Waals surface area contributed by atoms with Gasteiger partial charge in [0.05, 0.1) is 27.9 Å². The fraction of sp³-hybridized carbons (Fsp3) is 0. The molecule has 0 atom stereocenters. The quantitative estimate of drug-likeness (QED) is 0.830. The fourth-order valence-electron chi connectivity index (χ4n) is 1.54. The van der Waals surface area contributed by atoms with E-state index in [1.54, 1.807) is 18.2 Å². The monoisotopic (exact) mass is 351 g/mol. The predicted molar refractivity (Wildman–Crippen MR) is 80.5 cm³/mol. The molecule has 0 radical (unpaired) electrons. The van der Waals surface area contributed by atoms with Crippen molar-refractivity contribution in [3.8, 4) is 6.07 Å². The third-order valence-corrected chi connectivity index (χ3v) is 4.43. The van der Waals surface area contributed by atoms with Gasteiger partial charge in [0, 0.05) is 4.47 Å². The molecule has 0 aliphatic heterocycles. The number of nitrogens with zero attached hydrogens (tertiary/aromatic N) is 1. The van der Waals surface area contributed by atoms with Gasteiger partial charge in [0.2, 0.25) is 0 Å². The Morgan fingerprint density at radius 3 is 2.35 bits per heavy atom. The van der Waals surface area contributed by atoms with E-state index in [1.807, 2.05) is 6.07 Å². The molecule has 2 aromatic carbocycles. The average molecular weight is 352 g/mol. The van der Waals surface area contributed by atoms with Gasteiger partial charge in [-0.3, -0.25) is 4.72 Å². The highest BCUT2D eigenvalue weighted by Crippen LogP contribution is 2.25. The van der Waals surface area contributed by atoms with E-state index in [0.29, 0.717) is 16.9 Å². The van der Waals surface area contributed by atoms with Gasteiger partial charge in [0.1, 0.15) is 0 Å². The molecule has 0 heterocycles. The second kappa shape index (κ2) is 5.53. The van der Waals surface area contributed by atoms with Crippen LogP contribution in [0.15, 0.2) is 51.8 Å². The predicted octanol–water partition coefficient (Wildman–Crippen LogP) is 2.70. The van der Waals surface area contributed by atoms with Crippen molar-refractivity contribution in [3.05, 3.63) is 52.5 Å². The Kier molecular flexibility index (Phi) is 3.97. The van der Waals surface area contributed by atoms with Crippen molar-refractivity contribution in [3.63, 3.8) is 0 Å². The van der Waals surface area contributed by atoms with Gasteiger partial charge < -0.3 is 5.73 Å². The van der Waals surface area contributed by atoms with E-state index < -0.39 is 10.0 Å². The Hall–Kier alpha value is -2.04. The summed E-state index contributed by atoms with van der Waals surface area (Å²) in [4.78, 5) is 0.0684. The fourth-order valence-corrected chi connectivity index (χ4v) is 3.01. The lowest BCUT2D eigenvalue weighted by molar-refractivity contribution is 0.601. The lowest BCUT2D eigenvalue weighted by Gasteiger charge is -2.10. The van der Waals surface area contributed by atoms with Crippen LogP contribution in [0.4, 0.5) is 11.4 Å². The van der Waals surface area contributed by atoms with Crippen molar-refractivity contribution >= 4 is 37.3 Å². The van der Waals surface area contributed by atoms with Crippen LogP contribution in [0.25, 0.3) is 0 Å². The summed E-state index contributed by atoms with van der Waals surface area (Å²) >= 11 is 3.25. The van der Waals surface area contributed by atoms with Crippen molar-refractivity contribution < 1.29 is 8.42 Å². The second-order valence-electron chi connectivity index (χ2n) is 3.97. The van der Waals surface area contributed by atoms with Crippen LogP contribution in [0.2, 0.25) is 0 Å². The molecule has 0 spiro atoms. The first-order valence-corrected chi connectivity index (χ1v) is 7.78. The third-order valence-electron chi connectivity index (χ3n) is 2.55. The summed E-state index contributed by atoms with van der Waals surface area (Å²) in [6, 6.07) is 12.4. The molecule has 2 aromatic rings. The molecule has 0 amide bonds. The van der Waals surface area contributed by atoms with E-state index in [9.17, 15) is 8.42 Å². The summed E-state index contributed by atoms with van der Waals surface area (Å²) in [6.45, 7) is 0. The van der Waals surface area contributed by atoms with Gasteiger partial charge in [0.15, 0.2) is 0 Å². The minimum absolute atomic E-state index is 0.0684. The second-order valence-corrected chi connectivity index (χ2v) is 6.57. The summed E-state index contributed by atoms with van der Waals surface area (Å²) < 4.78 is 27.5. The minimum atomic E-state index is -3.73. The molecule has 0 aromatic heterocycles. The van der Waals surface area contributed by atoms with Crippen molar-refractivity contribution in [1.29, 1.82) is 5.26 Å². The number of sulfonamides is 1. The average Bonchev–Trinajstić information content (AvgIpc) is 2.42. The lowest BCUT2D eigenvalue weighted by atomic mass is 10.2. The number of halogens is 1. The van der Waals surface area contributed by atoms with Gasteiger partial charge in [-0.25, -0.2) is 8.42 Å². The highest BCUT2D eigenvalue weighted by molar-refractivity contribution is 9.10. The normalized spacial score (nSPS) is 10.8. The van der Waals surface area contributed by atoms with Gasteiger partial charge in [-0.15, -0.1) is 0 Å². The number of benzene rings is 2. The van der Waals surface area contributed by atoms with Crippen LogP contribution in [0.1, 0.15) is 5.56 Å². The largest absolute Gasteiger partial charge is 0.397 e. The van der Waals surface area contributed by atoms with Gasteiger partial charge in [0.25, 0.3) is 10.0 Å². The first kappa shape index (κ1) is 14.4. The van der Waals surface area contributed by atoms with Gasteiger partial charge in [-0.1, -0.05) is 15.9 Å². The summed E-state index contributed by atoms with van der Waals surface area (Å²) in [6.07, 6.45) is 0. The first-order chi connectivity index (χ1) is 9.42. The van der Waals surface area contributed by atoms with Crippen molar-refractivity contribution in [1.82, 2.24) is 0 Å². The Morgan fingerprint density at radius 2 is 1.80 bits per heavy atom. The Bertz CT molecular complexity index is 780. The maximum atomic E-state index is 12.2. The van der Waals surface area contributed by atoms with E-state index >= 15 is 0 Å². The van der Waals surface area contributed by atoms with Crippen LogP contribution in [-0.4, -0.2) is 8.42 Å². The van der Waals surface area contributed by atoms with Crippen LogP contribution in [0.5, 0.6) is 0 Å². The number of nitrogens with one attached hydrogen (secondary N) is 1. The molecular weight excluding hydrogens is 342 g/mol. The molecule has 7 heteroatoms. The van der Waals surface area contributed by atoms with E-state index in [2.05, 4.69) is 20.7 Å². The smallest absolute Gasteiger partial charge is 0.261 e. The number of nitrogen functional groups attached to an aromatic ring is 1. The maximum Gasteiger partial charge on any atom is 0.261 e. The number of hydrogen-bond acceptors (Lipinski definition) is 4. The zero-order chi connectivity index (χ0) is 14.8. The molecule has 0 fully saturated rings. The van der Waals surface area contributed by atoms with Gasteiger partial charge >= 0.3 is 0 Å². The van der Waals surface area contributed by atoms with Crippen molar-refractivity contribution in [2.75, 3.05) is 10.5 Å². The summed E-state index contributed by atoms with van der Waals surface area (Å²) in [7, 11) is -3.73. The molecule has 102 valence electrons. The number of nitrogens with two attached hydrogens (primary N) is 1. The van der Waals surface area contributed by atoms with E-state index in [1.165, 1.54) is 24.3 Å². The Morgan fingerprint density at radius 1 is 1.15 bits per heavy atom.